The van der Waals surface area contributed by atoms with Crippen LogP contribution in [0.5, 0.6) is 34.5 Å². The Morgan fingerprint density at radius 1 is 0.323 bits per heavy atom. The van der Waals surface area contributed by atoms with Gasteiger partial charge in [0, 0.05) is 47.0 Å². The lowest BCUT2D eigenvalue weighted by Crippen LogP contribution is -2.11. The second kappa shape index (κ2) is 17.6. The summed E-state index contributed by atoms with van der Waals surface area (Å²) in [5.41, 5.74) is 12.5. The summed E-state index contributed by atoms with van der Waals surface area (Å²) in [6, 6.07) is 25.5. The van der Waals surface area contributed by atoms with Gasteiger partial charge in [-0.05, 0) is 90.7 Å². The van der Waals surface area contributed by atoms with Gasteiger partial charge in [0.1, 0.15) is 12.7 Å². The fourth-order valence-corrected chi connectivity index (χ4v) is 8.06. The van der Waals surface area contributed by atoms with Gasteiger partial charge in [0.15, 0.2) is 23.0 Å². The Balaban J connectivity index is 1.86. The Morgan fingerprint density at radius 2 is 0.581 bits per heavy atom. The summed E-state index contributed by atoms with van der Waals surface area (Å²) in [6.07, 6.45) is 10.5. The third kappa shape index (κ3) is 8.12. The normalized spacial score (nSPS) is 11.5. The lowest BCUT2D eigenvalue weighted by atomic mass is 9.74. The summed E-state index contributed by atoms with van der Waals surface area (Å²) in [5, 5.41) is 0. The molecule has 0 unspecified atom stereocenters. The second-order valence-corrected chi connectivity index (χ2v) is 17.0. The number of rotatable bonds is 12. The van der Waals surface area contributed by atoms with E-state index in [0.29, 0.717) is 34.5 Å². The minimum Gasteiger partial charge on any atom is -0.493 e. The van der Waals surface area contributed by atoms with Crippen molar-refractivity contribution in [2.24, 2.45) is 0 Å². The average molecular weight is 831 g/mol. The highest BCUT2D eigenvalue weighted by atomic mass is 16.5. The summed E-state index contributed by atoms with van der Waals surface area (Å²) in [5.74, 6) is 2.91. The number of benzene rings is 5. The zero-order chi connectivity index (χ0) is 44.3. The molecule has 0 amide bonds. The first-order chi connectivity index (χ1) is 29.8. The molecule has 0 N–H and O–H groups in total. The molecule has 0 saturated heterocycles. The fourth-order valence-electron chi connectivity index (χ4n) is 8.06. The van der Waals surface area contributed by atoms with Crippen LogP contribution in [0, 0.1) is 0 Å². The molecule has 2 heterocycles. The zero-order valence-corrected chi connectivity index (χ0v) is 37.6. The van der Waals surface area contributed by atoms with Crippen molar-refractivity contribution in [3.8, 4) is 101 Å². The molecular formula is C52H54N4O6. The Labute approximate surface area is 364 Å². The summed E-state index contributed by atoms with van der Waals surface area (Å²) >= 11 is 0. The van der Waals surface area contributed by atoms with Gasteiger partial charge >= 0.3 is 0 Å². The first-order valence-corrected chi connectivity index (χ1v) is 20.3. The van der Waals surface area contributed by atoms with Crippen molar-refractivity contribution in [1.82, 2.24) is 19.9 Å². The van der Waals surface area contributed by atoms with E-state index < -0.39 is 0 Å². The molecule has 0 atom stereocenters. The van der Waals surface area contributed by atoms with Crippen LogP contribution < -0.4 is 28.4 Å². The van der Waals surface area contributed by atoms with Crippen LogP contribution in [0.4, 0.5) is 0 Å². The van der Waals surface area contributed by atoms with E-state index in [4.69, 9.17) is 28.4 Å². The molecular weight excluding hydrogens is 777 g/mol. The van der Waals surface area contributed by atoms with E-state index >= 15 is 0 Å². The van der Waals surface area contributed by atoms with Crippen molar-refractivity contribution < 1.29 is 28.4 Å². The zero-order valence-electron chi connectivity index (χ0n) is 37.6. The van der Waals surface area contributed by atoms with Gasteiger partial charge in [0.25, 0.3) is 0 Å². The number of ether oxygens (including phenoxy) is 6. The molecule has 0 aliphatic rings. The number of hydrogen-bond donors (Lipinski definition) is 0. The van der Waals surface area contributed by atoms with E-state index in [1.54, 1.807) is 55.3 Å². The van der Waals surface area contributed by atoms with Crippen LogP contribution in [0.15, 0.2) is 110 Å². The maximum Gasteiger partial charge on any atom is 0.203 e. The van der Waals surface area contributed by atoms with Gasteiger partial charge in [-0.25, -0.2) is 19.9 Å². The Bertz CT molecular complexity index is 2450. The van der Waals surface area contributed by atoms with E-state index in [1.807, 2.05) is 49.1 Å². The van der Waals surface area contributed by atoms with Crippen molar-refractivity contribution in [3.63, 3.8) is 0 Å². The predicted octanol–water partition coefficient (Wildman–Crippen LogP) is 11.9. The number of nitrogens with zero attached hydrogens (tertiary/aromatic N) is 4. The van der Waals surface area contributed by atoms with E-state index in [1.165, 1.54) is 11.1 Å². The molecule has 7 rings (SSSR count). The van der Waals surface area contributed by atoms with Crippen LogP contribution in [0.1, 0.15) is 52.7 Å². The molecule has 62 heavy (non-hydrogen) atoms. The highest BCUT2D eigenvalue weighted by Gasteiger charge is 2.32. The van der Waals surface area contributed by atoms with Gasteiger partial charge in [-0.1, -0.05) is 90.1 Å². The third-order valence-corrected chi connectivity index (χ3v) is 11.2. The molecule has 0 spiro atoms. The fraction of sp³-hybridized carbons (Fsp3) is 0.269. The minimum atomic E-state index is -0.0921. The monoisotopic (exact) mass is 830 g/mol. The predicted molar refractivity (Wildman–Crippen MR) is 247 cm³/mol. The van der Waals surface area contributed by atoms with Crippen molar-refractivity contribution in [2.75, 3.05) is 42.7 Å². The highest BCUT2D eigenvalue weighted by molar-refractivity contribution is 6.15. The molecule has 318 valence electrons. The third-order valence-electron chi connectivity index (χ3n) is 11.2. The molecule has 5 aromatic carbocycles. The summed E-state index contributed by atoms with van der Waals surface area (Å²) in [7, 11) is 9.71. The van der Waals surface area contributed by atoms with Crippen LogP contribution in [0.25, 0.3) is 66.8 Å². The molecule has 0 aliphatic carbocycles. The number of hydrogen-bond acceptors (Lipinski definition) is 10. The maximum absolute atomic E-state index is 6.06. The molecule has 0 aliphatic heterocycles. The van der Waals surface area contributed by atoms with Crippen molar-refractivity contribution in [1.29, 1.82) is 0 Å². The second-order valence-electron chi connectivity index (χ2n) is 17.0. The first-order valence-electron chi connectivity index (χ1n) is 20.3. The average Bonchev–Trinajstić information content (AvgIpc) is 3.29. The summed E-state index contributed by atoms with van der Waals surface area (Å²) in [4.78, 5) is 18.4. The Hall–Kier alpha value is -6.94. The molecule has 0 saturated carbocycles. The Kier molecular flexibility index (Phi) is 12.2. The highest BCUT2D eigenvalue weighted by Crippen LogP contribution is 2.58. The van der Waals surface area contributed by atoms with Crippen LogP contribution >= 0.6 is 0 Å². The van der Waals surface area contributed by atoms with Gasteiger partial charge in [-0.2, -0.15) is 0 Å². The van der Waals surface area contributed by atoms with Crippen LogP contribution in [-0.4, -0.2) is 62.6 Å². The summed E-state index contributed by atoms with van der Waals surface area (Å²) < 4.78 is 36.0. The van der Waals surface area contributed by atoms with Crippen LogP contribution in [0.2, 0.25) is 0 Å². The number of aromatic nitrogens is 4. The first kappa shape index (κ1) is 43.2. The summed E-state index contributed by atoms with van der Waals surface area (Å²) in [6.45, 7) is 13.3. The van der Waals surface area contributed by atoms with Gasteiger partial charge in [0.2, 0.25) is 11.5 Å². The van der Waals surface area contributed by atoms with E-state index in [-0.39, 0.29) is 10.8 Å². The van der Waals surface area contributed by atoms with Crippen LogP contribution in [-0.2, 0) is 10.8 Å². The molecule has 2 aromatic heterocycles. The molecule has 0 bridgehead atoms. The van der Waals surface area contributed by atoms with E-state index in [0.717, 1.165) is 66.8 Å². The topological polar surface area (TPSA) is 107 Å². The molecule has 7 aromatic rings. The quantitative estimate of drug-likeness (QED) is 0.118. The lowest BCUT2D eigenvalue weighted by molar-refractivity contribution is 0.324. The molecule has 0 radical (unpaired) electrons. The number of methoxy groups -OCH3 is 6. The van der Waals surface area contributed by atoms with Crippen molar-refractivity contribution in [2.45, 2.75) is 52.4 Å². The Morgan fingerprint density at radius 3 is 0.823 bits per heavy atom. The SMILES string of the molecule is COc1cc(-c2c(-c3ccc(C(C)(C)C)cc3)c(-c3cncnc3)c(-c3cncnc3)c(-c3ccc(C(C)(C)C)cc3)c2-c2cc(OC)c(OC)c(OC)c2)cc(OC)c1OC. The van der Waals surface area contributed by atoms with Crippen LogP contribution in [0.3, 0.4) is 0 Å². The van der Waals surface area contributed by atoms with E-state index in [9.17, 15) is 0 Å². The molecule has 10 heteroatoms. The molecule has 10 nitrogen and oxygen atoms in total. The van der Waals surface area contributed by atoms with Crippen molar-refractivity contribution in [3.05, 3.63) is 121 Å². The van der Waals surface area contributed by atoms with Gasteiger partial charge < -0.3 is 28.4 Å². The van der Waals surface area contributed by atoms with Gasteiger partial charge in [0.05, 0.1) is 42.7 Å². The largest absolute Gasteiger partial charge is 0.493 e. The van der Waals surface area contributed by atoms with E-state index in [2.05, 4.69) is 110 Å². The molecule has 0 fully saturated rings. The lowest BCUT2D eigenvalue weighted by Gasteiger charge is -2.29. The minimum absolute atomic E-state index is 0.0921. The standard InChI is InChI=1S/C52H54N4O6/c1-51(2,3)37-17-13-31(14-18-37)43-45(33-21-39(57-7)49(61-11)40(22-33)58-8)46(34-23-41(59-9)50(62-12)42(24-34)60-10)44(32-15-19-38(20-16-32)52(4,5)6)48(36-27-55-30-56-28-36)47(43)35-25-53-29-54-26-35/h13-30H,1-12H3. The maximum atomic E-state index is 6.06. The smallest absolute Gasteiger partial charge is 0.203 e. The van der Waals surface area contributed by atoms with Gasteiger partial charge in [-0.3, -0.25) is 0 Å². The van der Waals surface area contributed by atoms with Crippen molar-refractivity contribution >= 4 is 0 Å². The van der Waals surface area contributed by atoms with Gasteiger partial charge in [-0.15, -0.1) is 0 Å².